The van der Waals surface area contributed by atoms with Crippen molar-refractivity contribution in [3.63, 3.8) is 0 Å². The molecule has 1 unspecified atom stereocenters. The summed E-state index contributed by atoms with van der Waals surface area (Å²) in [5.41, 5.74) is 1.07. The summed E-state index contributed by atoms with van der Waals surface area (Å²) in [7, 11) is 0. The van der Waals surface area contributed by atoms with Crippen LogP contribution in [0.1, 0.15) is 26.3 Å². The first kappa shape index (κ1) is 18.5. The van der Waals surface area contributed by atoms with E-state index in [0.717, 1.165) is 11.3 Å². The van der Waals surface area contributed by atoms with Gasteiger partial charge in [0.2, 0.25) is 0 Å². The Kier molecular flexibility index (Phi) is 7.25. The molecule has 0 amide bonds. The smallest absolute Gasteiger partial charge is 0.280 e. The fourth-order valence-electron chi connectivity index (χ4n) is 2.23. The lowest BCUT2D eigenvalue weighted by molar-refractivity contribution is -0.385. The van der Waals surface area contributed by atoms with Crippen molar-refractivity contribution in [2.45, 2.75) is 39.5 Å². The molecule has 2 rings (SSSR count). The van der Waals surface area contributed by atoms with Crippen molar-refractivity contribution in [1.29, 1.82) is 0 Å². The number of ether oxygens (including phenoxy) is 4. The highest BCUT2D eigenvalue weighted by atomic mass is 16.9. The first-order chi connectivity index (χ1) is 11.6. The van der Waals surface area contributed by atoms with Gasteiger partial charge in [-0.2, -0.15) is 0 Å². The number of hydrogen-bond acceptors (Lipinski definition) is 4. The molecule has 0 aliphatic heterocycles. The van der Waals surface area contributed by atoms with Crippen molar-refractivity contribution in [2.24, 2.45) is 0 Å². The normalized spacial score (nSPS) is 13.7. The minimum atomic E-state index is -1.11. The Bertz CT molecular complexity index is 571. The fraction of sp³-hybridized carbons (Fsp3) is 0.400. The van der Waals surface area contributed by atoms with E-state index in [4.69, 9.17) is 18.9 Å². The Morgan fingerprint density at radius 2 is 1.46 bits per heavy atom. The van der Waals surface area contributed by atoms with E-state index in [-0.39, 0.29) is 6.10 Å². The second-order valence-electron chi connectivity index (χ2n) is 5.81. The van der Waals surface area contributed by atoms with Gasteiger partial charge >= 0.3 is 0 Å². The lowest BCUT2D eigenvalue weighted by Crippen LogP contribution is -2.39. The molecule has 1 atom stereocenters. The van der Waals surface area contributed by atoms with E-state index < -0.39 is 5.97 Å². The Morgan fingerprint density at radius 1 is 0.833 bits per heavy atom. The molecule has 0 radical (unpaired) electrons. The molecule has 24 heavy (non-hydrogen) atoms. The quantitative estimate of drug-likeness (QED) is 0.478. The summed E-state index contributed by atoms with van der Waals surface area (Å²) in [5, 5.41) is 0. The van der Waals surface area contributed by atoms with Crippen molar-refractivity contribution in [3.8, 4) is 5.75 Å². The largest absolute Gasteiger partial charge is 0.491 e. The van der Waals surface area contributed by atoms with Gasteiger partial charge in [-0.3, -0.25) is 0 Å². The molecule has 2 aromatic carbocycles. The molecule has 0 aliphatic rings. The third-order valence-corrected chi connectivity index (χ3v) is 3.25. The maximum Gasteiger partial charge on any atom is 0.280 e. The van der Waals surface area contributed by atoms with Crippen LogP contribution in [-0.4, -0.2) is 25.3 Å². The topological polar surface area (TPSA) is 36.9 Å². The fourth-order valence-corrected chi connectivity index (χ4v) is 2.23. The molecular formula is C20H26O4. The van der Waals surface area contributed by atoms with Crippen molar-refractivity contribution in [1.82, 2.24) is 0 Å². The van der Waals surface area contributed by atoms with Crippen molar-refractivity contribution in [2.75, 3.05) is 13.2 Å². The van der Waals surface area contributed by atoms with Crippen LogP contribution in [0.5, 0.6) is 5.75 Å². The van der Waals surface area contributed by atoms with Gasteiger partial charge < -0.3 is 18.9 Å². The minimum absolute atomic E-state index is 0.0131. The highest BCUT2D eigenvalue weighted by molar-refractivity contribution is 5.20. The van der Waals surface area contributed by atoms with Crippen LogP contribution in [0.2, 0.25) is 0 Å². The Hall–Kier alpha value is -1.88. The predicted molar refractivity (Wildman–Crippen MR) is 93.7 cm³/mol. The average molecular weight is 330 g/mol. The standard InChI is InChI=1S/C20H26O4/c1-17(2)24-20(3,23-16-18-10-6-4-7-11-18)22-15-14-21-19-12-8-5-9-13-19/h4-13,17H,14-16H2,1-3H3. The number of rotatable bonds is 10. The summed E-state index contributed by atoms with van der Waals surface area (Å²) >= 11 is 0. The van der Waals surface area contributed by atoms with Gasteiger partial charge in [-0.05, 0) is 31.5 Å². The van der Waals surface area contributed by atoms with E-state index in [1.54, 1.807) is 6.92 Å². The highest BCUT2D eigenvalue weighted by Gasteiger charge is 2.28. The molecule has 0 heterocycles. The summed E-state index contributed by atoms with van der Waals surface area (Å²) in [6.45, 7) is 6.91. The van der Waals surface area contributed by atoms with Crippen LogP contribution in [0, 0.1) is 0 Å². The van der Waals surface area contributed by atoms with Crippen LogP contribution >= 0.6 is 0 Å². The molecule has 0 fully saturated rings. The van der Waals surface area contributed by atoms with E-state index >= 15 is 0 Å². The molecule has 4 nitrogen and oxygen atoms in total. The number of benzene rings is 2. The van der Waals surface area contributed by atoms with Crippen molar-refractivity contribution < 1.29 is 18.9 Å². The molecule has 0 spiro atoms. The molecule has 0 N–H and O–H groups in total. The summed E-state index contributed by atoms with van der Waals surface area (Å²) in [6, 6.07) is 19.6. The molecule has 0 aliphatic carbocycles. The number of hydrogen-bond donors (Lipinski definition) is 0. The molecule has 0 aromatic heterocycles. The molecule has 0 bridgehead atoms. The number of para-hydroxylation sites is 1. The lowest BCUT2D eigenvalue weighted by Gasteiger charge is -2.31. The molecule has 0 saturated carbocycles. The van der Waals surface area contributed by atoms with Gasteiger partial charge in [0.25, 0.3) is 5.97 Å². The van der Waals surface area contributed by atoms with Gasteiger partial charge in [-0.25, -0.2) is 0 Å². The summed E-state index contributed by atoms with van der Waals surface area (Å²) in [6.07, 6.45) is -0.0131. The second kappa shape index (κ2) is 9.42. The SMILES string of the molecule is CC(C)OC(C)(OCCOc1ccccc1)OCc1ccccc1. The van der Waals surface area contributed by atoms with E-state index in [1.807, 2.05) is 74.5 Å². The van der Waals surface area contributed by atoms with Crippen molar-refractivity contribution >= 4 is 0 Å². The predicted octanol–water partition coefficient (Wildman–Crippen LogP) is 4.40. The Morgan fingerprint density at radius 3 is 2.08 bits per heavy atom. The van der Waals surface area contributed by atoms with Crippen LogP contribution in [0.25, 0.3) is 0 Å². The molecule has 2 aromatic rings. The van der Waals surface area contributed by atoms with Gasteiger partial charge in [0.1, 0.15) is 12.4 Å². The summed E-state index contributed by atoms with van der Waals surface area (Å²) in [4.78, 5) is 0. The molecule has 0 saturated heterocycles. The maximum absolute atomic E-state index is 5.88. The highest BCUT2D eigenvalue weighted by Crippen LogP contribution is 2.19. The van der Waals surface area contributed by atoms with Crippen LogP contribution in [0.4, 0.5) is 0 Å². The zero-order valence-corrected chi connectivity index (χ0v) is 14.6. The van der Waals surface area contributed by atoms with Crippen LogP contribution < -0.4 is 4.74 Å². The van der Waals surface area contributed by atoms with Gasteiger partial charge in [0.15, 0.2) is 0 Å². The zero-order chi connectivity index (χ0) is 17.3. The van der Waals surface area contributed by atoms with Gasteiger partial charge in [-0.15, -0.1) is 0 Å². The molecular weight excluding hydrogens is 304 g/mol. The van der Waals surface area contributed by atoms with Crippen LogP contribution in [0.3, 0.4) is 0 Å². The Labute approximate surface area is 144 Å². The van der Waals surface area contributed by atoms with E-state index in [0.29, 0.717) is 19.8 Å². The lowest BCUT2D eigenvalue weighted by atomic mass is 10.2. The average Bonchev–Trinajstić information content (AvgIpc) is 2.58. The third-order valence-electron chi connectivity index (χ3n) is 3.25. The van der Waals surface area contributed by atoms with Crippen LogP contribution in [0.15, 0.2) is 60.7 Å². The van der Waals surface area contributed by atoms with Gasteiger partial charge in [-0.1, -0.05) is 48.5 Å². The molecule has 4 heteroatoms. The zero-order valence-electron chi connectivity index (χ0n) is 14.6. The van der Waals surface area contributed by atoms with Crippen molar-refractivity contribution in [3.05, 3.63) is 66.2 Å². The monoisotopic (exact) mass is 330 g/mol. The Balaban J connectivity index is 1.82. The maximum atomic E-state index is 5.88. The summed E-state index contributed by atoms with van der Waals surface area (Å²) < 4.78 is 23.1. The first-order valence-corrected chi connectivity index (χ1v) is 8.25. The third kappa shape index (κ3) is 6.71. The van der Waals surface area contributed by atoms with E-state index in [9.17, 15) is 0 Å². The second-order valence-corrected chi connectivity index (χ2v) is 5.81. The molecule has 130 valence electrons. The van der Waals surface area contributed by atoms with E-state index in [2.05, 4.69) is 0 Å². The summed E-state index contributed by atoms with van der Waals surface area (Å²) in [5.74, 6) is -0.290. The van der Waals surface area contributed by atoms with Gasteiger partial charge in [0, 0.05) is 6.92 Å². The van der Waals surface area contributed by atoms with E-state index in [1.165, 1.54) is 0 Å². The van der Waals surface area contributed by atoms with Gasteiger partial charge in [0.05, 0.1) is 19.3 Å². The van der Waals surface area contributed by atoms with Crippen LogP contribution in [-0.2, 0) is 20.8 Å². The minimum Gasteiger partial charge on any atom is -0.491 e. The first-order valence-electron chi connectivity index (χ1n) is 8.25.